The van der Waals surface area contributed by atoms with E-state index in [4.69, 9.17) is 0 Å². The molecule has 0 aliphatic heterocycles. The van der Waals surface area contributed by atoms with Crippen molar-refractivity contribution in [2.24, 2.45) is 7.05 Å². The van der Waals surface area contributed by atoms with Gasteiger partial charge in [-0.1, -0.05) is 0 Å². The van der Waals surface area contributed by atoms with E-state index in [1.165, 1.54) is 12.1 Å². The van der Waals surface area contributed by atoms with Crippen LogP contribution in [0.4, 0.5) is 16.0 Å². The van der Waals surface area contributed by atoms with Crippen LogP contribution in [0.5, 0.6) is 0 Å². The zero-order valence-electron chi connectivity index (χ0n) is 13.9. The number of nitrogens with one attached hydrogen (secondary N) is 1. The number of hydrogen-bond acceptors (Lipinski definition) is 6. The highest BCUT2D eigenvalue weighted by Crippen LogP contribution is 2.27. The summed E-state index contributed by atoms with van der Waals surface area (Å²) in [5.74, 6) is -0.364. The molecule has 2 aromatic heterocycles. The van der Waals surface area contributed by atoms with Gasteiger partial charge in [-0.25, -0.2) is 22.8 Å². The predicted octanol–water partition coefficient (Wildman–Crippen LogP) is 2.47. The average Bonchev–Trinajstić information content (AvgIpc) is 2.93. The van der Waals surface area contributed by atoms with Crippen molar-refractivity contribution < 1.29 is 12.8 Å². The maximum atomic E-state index is 14.4. The summed E-state index contributed by atoms with van der Waals surface area (Å²) >= 11 is 0. The monoisotopic (exact) mass is 361 g/mol. The van der Waals surface area contributed by atoms with Crippen LogP contribution in [0.1, 0.15) is 5.56 Å². The van der Waals surface area contributed by atoms with Crippen LogP contribution in [0, 0.1) is 12.7 Å². The molecule has 9 heteroatoms. The summed E-state index contributed by atoms with van der Waals surface area (Å²) in [6.45, 7) is 1.76. The highest BCUT2D eigenvalue weighted by Gasteiger charge is 2.15. The van der Waals surface area contributed by atoms with E-state index in [0.29, 0.717) is 22.9 Å². The van der Waals surface area contributed by atoms with Crippen LogP contribution in [0.2, 0.25) is 0 Å². The maximum absolute atomic E-state index is 14.4. The second kappa shape index (κ2) is 6.25. The lowest BCUT2D eigenvalue weighted by Gasteiger charge is -2.10. The molecule has 1 aromatic carbocycles. The van der Waals surface area contributed by atoms with Crippen molar-refractivity contribution in [1.82, 2.24) is 19.7 Å². The number of aryl methyl sites for hydroxylation is 2. The molecule has 2 heterocycles. The Morgan fingerprint density at radius 1 is 1.24 bits per heavy atom. The van der Waals surface area contributed by atoms with Gasteiger partial charge in [0.1, 0.15) is 5.82 Å². The van der Waals surface area contributed by atoms with E-state index in [2.05, 4.69) is 20.4 Å². The van der Waals surface area contributed by atoms with Crippen molar-refractivity contribution in [3.63, 3.8) is 0 Å². The van der Waals surface area contributed by atoms with Gasteiger partial charge in [-0.2, -0.15) is 5.10 Å². The van der Waals surface area contributed by atoms with Crippen LogP contribution in [0.3, 0.4) is 0 Å². The maximum Gasteiger partial charge on any atom is 0.227 e. The zero-order chi connectivity index (χ0) is 18.2. The van der Waals surface area contributed by atoms with Crippen molar-refractivity contribution in [2.45, 2.75) is 11.8 Å². The molecule has 0 atom stereocenters. The Morgan fingerprint density at radius 2 is 2.00 bits per heavy atom. The van der Waals surface area contributed by atoms with E-state index in [-0.39, 0.29) is 10.5 Å². The number of anilines is 2. The number of nitrogens with zero attached hydrogens (tertiary/aromatic N) is 4. The molecule has 0 saturated heterocycles. The van der Waals surface area contributed by atoms with Gasteiger partial charge in [-0.3, -0.25) is 4.68 Å². The van der Waals surface area contributed by atoms with Crippen LogP contribution in [-0.4, -0.2) is 34.4 Å². The molecule has 25 heavy (non-hydrogen) atoms. The molecule has 7 nitrogen and oxygen atoms in total. The molecular weight excluding hydrogens is 345 g/mol. The molecule has 0 spiro atoms. The molecular formula is C16H16FN5O2S. The molecule has 0 aliphatic carbocycles. The van der Waals surface area contributed by atoms with Gasteiger partial charge in [-0.05, 0) is 30.7 Å². The summed E-state index contributed by atoms with van der Waals surface area (Å²) in [4.78, 5) is 8.45. The van der Waals surface area contributed by atoms with Gasteiger partial charge in [-0.15, -0.1) is 0 Å². The third-order valence-electron chi connectivity index (χ3n) is 3.56. The van der Waals surface area contributed by atoms with E-state index < -0.39 is 15.7 Å². The first kappa shape index (κ1) is 17.0. The van der Waals surface area contributed by atoms with Crippen LogP contribution >= 0.6 is 0 Å². The second-order valence-corrected chi connectivity index (χ2v) is 7.68. The van der Waals surface area contributed by atoms with E-state index >= 15 is 0 Å². The number of aromatic nitrogens is 4. The average molecular weight is 361 g/mol. The first-order valence-corrected chi connectivity index (χ1v) is 9.22. The fourth-order valence-corrected chi connectivity index (χ4v) is 2.94. The Hall–Kier alpha value is -2.81. The van der Waals surface area contributed by atoms with Gasteiger partial charge in [0.25, 0.3) is 0 Å². The molecule has 0 saturated carbocycles. The van der Waals surface area contributed by atoms with Crippen molar-refractivity contribution in [2.75, 3.05) is 11.6 Å². The first-order valence-electron chi connectivity index (χ1n) is 7.33. The van der Waals surface area contributed by atoms with E-state index in [0.717, 1.165) is 12.3 Å². The summed E-state index contributed by atoms with van der Waals surface area (Å²) in [6.07, 6.45) is 5.98. The molecule has 0 radical (unpaired) electrons. The van der Waals surface area contributed by atoms with Gasteiger partial charge in [0.05, 0.1) is 22.5 Å². The first-order chi connectivity index (χ1) is 11.7. The van der Waals surface area contributed by atoms with Gasteiger partial charge < -0.3 is 5.32 Å². The summed E-state index contributed by atoms with van der Waals surface area (Å²) in [6, 6.07) is 3.78. The minimum atomic E-state index is -3.48. The van der Waals surface area contributed by atoms with Gasteiger partial charge >= 0.3 is 0 Å². The van der Waals surface area contributed by atoms with Crippen molar-refractivity contribution >= 4 is 21.5 Å². The number of hydrogen-bond donors (Lipinski definition) is 1. The van der Waals surface area contributed by atoms with E-state index in [9.17, 15) is 12.8 Å². The van der Waals surface area contributed by atoms with Crippen LogP contribution in [0.15, 0.2) is 41.7 Å². The normalized spacial score (nSPS) is 11.5. The molecule has 0 unspecified atom stereocenters. The predicted molar refractivity (Wildman–Crippen MR) is 91.8 cm³/mol. The second-order valence-electron chi connectivity index (χ2n) is 5.67. The fourth-order valence-electron chi connectivity index (χ4n) is 2.31. The summed E-state index contributed by atoms with van der Waals surface area (Å²) in [5, 5.41) is 7.03. The van der Waals surface area contributed by atoms with Gasteiger partial charge in [0.2, 0.25) is 5.95 Å². The number of sulfone groups is 1. The van der Waals surface area contributed by atoms with Crippen molar-refractivity contribution in [3.05, 3.63) is 48.2 Å². The lowest BCUT2D eigenvalue weighted by Crippen LogP contribution is -2.02. The molecule has 0 fully saturated rings. The van der Waals surface area contributed by atoms with Crippen LogP contribution in [-0.2, 0) is 16.9 Å². The molecule has 0 bridgehead atoms. The number of rotatable bonds is 4. The molecule has 130 valence electrons. The van der Waals surface area contributed by atoms with Crippen molar-refractivity contribution in [1.29, 1.82) is 0 Å². The molecule has 0 amide bonds. The number of halogens is 1. The smallest absolute Gasteiger partial charge is 0.227 e. The third-order valence-corrected chi connectivity index (χ3v) is 4.67. The molecule has 3 aromatic rings. The summed E-state index contributed by atoms with van der Waals surface area (Å²) in [5.41, 5.74) is 1.97. The highest BCUT2D eigenvalue weighted by molar-refractivity contribution is 7.90. The number of benzene rings is 1. The Balaban J connectivity index is 2.01. The summed E-state index contributed by atoms with van der Waals surface area (Å²) in [7, 11) is -1.69. The standard InChI is InChI=1S/C16H16FN5O2S/c1-10-7-18-16(20-11-8-19-22(2)9-11)21-15(10)13-5-4-12(6-14(13)17)25(3,23)24/h4-9H,1-3H3,(H,18,20,21). The largest absolute Gasteiger partial charge is 0.321 e. The minimum Gasteiger partial charge on any atom is -0.321 e. The van der Waals surface area contributed by atoms with Gasteiger partial charge in [0.15, 0.2) is 9.84 Å². The third kappa shape index (κ3) is 3.66. The molecule has 0 aliphatic rings. The van der Waals surface area contributed by atoms with Gasteiger partial charge in [0, 0.05) is 31.3 Å². The summed E-state index contributed by atoms with van der Waals surface area (Å²) < 4.78 is 39.2. The fraction of sp³-hybridized carbons (Fsp3) is 0.188. The van der Waals surface area contributed by atoms with E-state index in [1.807, 2.05) is 0 Å². The molecule has 1 N–H and O–H groups in total. The minimum absolute atomic E-state index is 0.0748. The quantitative estimate of drug-likeness (QED) is 0.768. The Morgan fingerprint density at radius 3 is 2.60 bits per heavy atom. The lowest BCUT2D eigenvalue weighted by molar-refractivity contribution is 0.596. The Labute approximate surface area is 144 Å². The highest BCUT2D eigenvalue weighted by atomic mass is 32.2. The Kier molecular flexibility index (Phi) is 4.25. The van der Waals surface area contributed by atoms with Crippen molar-refractivity contribution in [3.8, 4) is 11.3 Å². The lowest BCUT2D eigenvalue weighted by atomic mass is 10.1. The van der Waals surface area contributed by atoms with E-state index in [1.54, 1.807) is 37.2 Å². The Bertz CT molecular complexity index is 1050. The van der Waals surface area contributed by atoms with Crippen LogP contribution in [0.25, 0.3) is 11.3 Å². The zero-order valence-corrected chi connectivity index (χ0v) is 14.7. The molecule has 3 rings (SSSR count). The SMILES string of the molecule is Cc1cnc(Nc2cnn(C)c2)nc1-c1ccc(S(C)(=O)=O)cc1F. The van der Waals surface area contributed by atoms with Crippen LogP contribution < -0.4 is 5.32 Å². The topological polar surface area (TPSA) is 89.8 Å².